The van der Waals surface area contributed by atoms with Crippen molar-refractivity contribution in [2.75, 3.05) is 20.3 Å². The van der Waals surface area contributed by atoms with Crippen molar-refractivity contribution >= 4 is 9.47 Å². The minimum Gasteiger partial charge on any atom is -0.394 e. The van der Waals surface area contributed by atoms with Gasteiger partial charge in [-0.2, -0.15) is 0 Å². The van der Waals surface area contributed by atoms with Crippen LogP contribution in [-0.2, 0) is 14.0 Å². The van der Waals surface area contributed by atoms with E-state index < -0.39 is 29.7 Å². The number of methoxy groups -OCH3 is 1. The molecule has 1 aliphatic heterocycles. The summed E-state index contributed by atoms with van der Waals surface area (Å²) in [5, 5.41) is 9.33. The summed E-state index contributed by atoms with van der Waals surface area (Å²) in [7, 11) is 3.66. The van der Waals surface area contributed by atoms with Gasteiger partial charge in [0.2, 0.25) is 0 Å². The normalized spacial score (nSPS) is 29.8. The maximum absolute atomic E-state index is 11.8. The van der Waals surface area contributed by atoms with Crippen molar-refractivity contribution in [3.8, 4) is 0 Å². The quantitative estimate of drug-likeness (QED) is 0.667. The van der Waals surface area contributed by atoms with Gasteiger partial charge in [-0.3, -0.25) is 14.3 Å². The van der Waals surface area contributed by atoms with E-state index in [9.17, 15) is 14.7 Å². The molecule has 1 aromatic heterocycles. The first-order chi connectivity index (χ1) is 9.62. The van der Waals surface area contributed by atoms with Gasteiger partial charge in [0.1, 0.15) is 12.3 Å². The highest BCUT2D eigenvalue weighted by Gasteiger charge is 2.45. The van der Waals surface area contributed by atoms with Gasteiger partial charge in [0, 0.05) is 28.8 Å². The van der Waals surface area contributed by atoms with Crippen LogP contribution in [0.3, 0.4) is 0 Å². The average Bonchev–Trinajstić information content (AvgIpc) is 2.77. The molecule has 0 saturated carbocycles. The summed E-state index contributed by atoms with van der Waals surface area (Å²) in [5.74, 6) is -0.293. The van der Waals surface area contributed by atoms with Crippen LogP contribution in [0.25, 0.3) is 0 Å². The van der Waals surface area contributed by atoms with Crippen LogP contribution in [0.5, 0.6) is 0 Å². The van der Waals surface area contributed by atoms with Gasteiger partial charge in [0.05, 0.1) is 25.2 Å². The summed E-state index contributed by atoms with van der Waals surface area (Å²) in [6, 6.07) is 1.23. The van der Waals surface area contributed by atoms with Gasteiger partial charge in [-0.1, -0.05) is 0 Å². The van der Waals surface area contributed by atoms with Crippen LogP contribution in [-0.4, -0.2) is 47.2 Å². The Labute approximate surface area is 117 Å². The summed E-state index contributed by atoms with van der Waals surface area (Å²) < 4.78 is 17.3. The van der Waals surface area contributed by atoms with E-state index in [0.717, 1.165) is 0 Å². The number of nitrogens with zero attached hydrogens (tertiary/aromatic N) is 1. The number of hydrogen-bond donors (Lipinski definition) is 2. The van der Waals surface area contributed by atoms with E-state index in [1.807, 2.05) is 0 Å². The molecular weight excluding hydrogens is 287 g/mol. The molecule has 0 bridgehead atoms. The predicted octanol–water partition coefficient (Wildman–Crippen LogP) is -1.14. The van der Waals surface area contributed by atoms with Crippen LogP contribution in [0.15, 0.2) is 21.9 Å². The van der Waals surface area contributed by atoms with E-state index in [2.05, 4.69) is 14.5 Å². The van der Waals surface area contributed by atoms with Gasteiger partial charge in [0.15, 0.2) is 0 Å². The third-order valence-electron chi connectivity index (χ3n) is 3.29. The number of rotatable bonds is 5. The molecule has 0 spiro atoms. The van der Waals surface area contributed by atoms with Gasteiger partial charge in [-0.15, -0.1) is 0 Å². The van der Waals surface area contributed by atoms with Crippen LogP contribution in [0, 0.1) is 5.92 Å². The van der Waals surface area contributed by atoms with E-state index in [1.54, 1.807) is 0 Å². The SMILES string of the molecule is COCC1C(OP)C(CO)OC1n1ccc(=O)[nH]c1=O. The van der Waals surface area contributed by atoms with Crippen molar-refractivity contribution in [1.29, 1.82) is 0 Å². The van der Waals surface area contributed by atoms with E-state index in [1.165, 1.54) is 23.9 Å². The van der Waals surface area contributed by atoms with Crippen molar-refractivity contribution < 1.29 is 19.1 Å². The van der Waals surface area contributed by atoms with Crippen LogP contribution in [0.4, 0.5) is 0 Å². The highest BCUT2D eigenvalue weighted by molar-refractivity contribution is 7.09. The highest BCUT2D eigenvalue weighted by atomic mass is 31.0. The molecule has 20 heavy (non-hydrogen) atoms. The standard InChI is InChI=1S/C11H17N2O6P/c1-17-5-6-9(19-20)7(4-14)18-10(6)13-3-2-8(15)12-11(13)16/h2-3,6-7,9-10,14H,4-5,20H2,1H3,(H,12,15,16). The minimum atomic E-state index is -0.679. The monoisotopic (exact) mass is 304 g/mol. The maximum atomic E-state index is 11.8. The zero-order valence-corrected chi connectivity index (χ0v) is 12.0. The number of nitrogens with one attached hydrogen (secondary N) is 1. The van der Waals surface area contributed by atoms with Crippen molar-refractivity contribution in [3.63, 3.8) is 0 Å². The first kappa shape index (κ1) is 15.3. The molecule has 1 saturated heterocycles. The average molecular weight is 304 g/mol. The maximum Gasteiger partial charge on any atom is 0.330 e. The molecule has 1 aromatic rings. The molecule has 8 nitrogen and oxygen atoms in total. The Morgan fingerprint density at radius 2 is 2.30 bits per heavy atom. The number of aromatic nitrogens is 2. The number of H-pyrrole nitrogens is 1. The molecule has 9 heteroatoms. The molecule has 0 aromatic carbocycles. The second kappa shape index (κ2) is 6.60. The van der Waals surface area contributed by atoms with E-state index in [0.29, 0.717) is 0 Å². The van der Waals surface area contributed by atoms with Crippen LogP contribution < -0.4 is 11.2 Å². The Bertz CT molecular complexity index is 558. The van der Waals surface area contributed by atoms with Crippen LogP contribution >= 0.6 is 9.47 Å². The third-order valence-corrected chi connectivity index (χ3v) is 3.60. The van der Waals surface area contributed by atoms with Gasteiger partial charge in [0.25, 0.3) is 5.56 Å². The molecule has 5 unspecified atom stereocenters. The van der Waals surface area contributed by atoms with Crippen LogP contribution in [0.1, 0.15) is 6.23 Å². The highest BCUT2D eigenvalue weighted by Crippen LogP contribution is 2.36. The van der Waals surface area contributed by atoms with Gasteiger partial charge >= 0.3 is 5.69 Å². The molecule has 0 amide bonds. The largest absolute Gasteiger partial charge is 0.394 e. The molecule has 1 fully saturated rings. The Kier molecular flexibility index (Phi) is 5.06. The molecule has 2 heterocycles. The Morgan fingerprint density at radius 1 is 1.55 bits per heavy atom. The number of aliphatic hydroxyl groups is 1. The number of hydrogen-bond acceptors (Lipinski definition) is 6. The van der Waals surface area contributed by atoms with Crippen molar-refractivity contribution in [2.24, 2.45) is 5.92 Å². The molecule has 0 aliphatic carbocycles. The molecule has 5 atom stereocenters. The first-order valence-electron chi connectivity index (χ1n) is 6.04. The topological polar surface area (TPSA) is 103 Å². The lowest BCUT2D eigenvalue weighted by atomic mass is 10.0. The lowest BCUT2D eigenvalue weighted by Crippen LogP contribution is -2.36. The van der Waals surface area contributed by atoms with Crippen molar-refractivity contribution in [2.45, 2.75) is 18.4 Å². The fourth-order valence-corrected chi connectivity index (χ4v) is 2.78. The summed E-state index contributed by atoms with van der Waals surface area (Å²) in [4.78, 5) is 25.1. The van der Waals surface area contributed by atoms with Gasteiger partial charge < -0.3 is 19.1 Å². The third kappa shape index (κ3) is 2.84. The molecule has 2 rings (SSSR count). The minimum absolute atomic E-state index is 0.242. The Balaban J connectivity index is 2.37. The predicted molar refractivity (Wildman–Crippen MR) is 72.3 cm³/mol. The van der Waals surface area contributed by atoms with E-state index >= 15 is 0 Å². The molecule has 1 aliphatic rings. The summed E-state index contributed by atoms with van der Waals surface area (Å²) in [6.07, 6.45) is -0.332. The van der Waals surface area contributed by atoms with Crippen molar-refractivity contribution in [1.82, 2.24) is 9.55 Å². The van der Waals surface area contributed by atoms with Gasteiger partial charge in [-0.25, -0.2) is 4.79 Å². The second-order valence-electron chi connectivity index (χ2n) is 4.48. The van der Waals surface area contributed by atoms with Crippen LogP contribution in [0.2, 0.25) is 0 Å². The molecule has 0 radical (unpaired) electrons. The van der Waals surface area contributed by atoms with Crippen molar-refractivity contribution in [3.05, 3.63) is 33.1 Å². The Morgan fingerprint density at radius 3 is 2.85 bits per heavy atom. The smallest absolute Gasteiger partial charge is 0.330 e. The summed E-state index contributed by atoms with van der Waals surface area (Å²) >= 11 is 0. The zero-order valence-electron chi connectivity index (χ0n) is 10.9. The fraction of sp³-hybridized carbons (Fsp3) is 0.636. The van der Waals surface area contributed by atoms with Gasteiger partial charge in [-0.05, 0) is 0 Å². The Hall–Kier alpha value is -1.05. The molecular formula is C11H17N2O6P. The first-order valence-corrected chi connectivity index (χ1v) is 6.51. The fourth-order valence-electron chi connectivity index (χ4n) is 2.40. The number of aromatic amines is 1. The second-order valence-corrected chi connectivity index (χ2v) is 4.76. The summed E-state index contributed by atoms with van der Waals surface area (Å²) in [5.41, 5.74) is -1.06. The summed E-state index contributed by atoms with van der Waals surface area (Å²) in [6.45, 7) is 0.0414. The van der Waals surface area contributed by atoms with E-state index in [4.69, 9.17) is 14.0 Å². The molecule has 112 valence electrons. The number of ether oxygens (including phenoxy) is 2. The number of aliphatic hydroxyl groups excluding tert-OH is 1. The zero-order chi connectivity index (χ0) is 14.7. The molecule has 2 N–H and O–H groups in total. The lowest BCUT2D eigenvalue weighted by molar-refractivity contribution is -0.0478. The lowest BCUT2D eigenvalue weighted by Gasteiger charge is -2.22. The van der Waals surface area contributed by atoms with E-state index in [-0.39, 0.29) is 19.1 Å².